The second kappa shape index (κ2) is 7.30. The highest BCUT2D eigenvalue weighted by molar-refractivity contribution is 7.12. The Balaban J connectivity index is 1.64. The minimum absolute atomic E-state index is 0.0683. The van der Waals surface area contributed by atoms with Gasteiger partial charge < -0.3 is 10.4 Å². The van der Waals surface area contributed by atoms with E-state index in [4.69, 9.17) is 0 Å². The fourth-order valence-electron chi connectivity index (χ4n) is 2.55. The van der Waals surface area contributed by atoms with E-state index in [1.54, 1.807) is 11.3 Å². The van der Waals surface area contributed by atoms with Gasteiger partial charge in [0.15, 0.2) is 0 Å². The molecule has 0 fully saturated rings. The number of aryl methyl sites for hydroxylation is 2. The Hall–Kier alpha value is -1.95. The van der Waals surface area contributed by atoms with Crippen molar-refractivity contribution in [1.29, 1.82) is 0 Å². The number of nitrogens with one attached hydrogen (secondary N) is 1. The van der Waals surface area contributed by atoms with Crippen LogP contribution in [-0.2, 0) is 6.54 Å². The number of carbonyl (C=O) groups is 1. The number of rotatable bonds is 5. The van der Waals surface area contributed by atoms with Gasteiger partial charge in [0.2, 0.25) is 0 Å². The van der Waals surface area contributed by atoms with Gasteiger partial charge in [-0.3, -0.25) is 4.79 Å². The molecule has 0 saturated heterocycles. The van der Waals surface area contributed by atoms with Crippen LogP contribution in [0.4, 0.5) is 0 Å². The first-order chi connectivity index (χ1) is 11.5. The van der Waals surface area contributed by atoms with Gasteiger partial charge in [-0.05, 0) is 49.1 Å². The summed E-state index contributed by atoms with van der Waals surface area (Å²) in [5.41, 5.74) is 2.83. The number of aliphatic hydroxyl groups is 1. The van der Waals surface area contributed by atoms with E-state index in [2.05, 4.69) is 5.32 Å². The van der Waals surface area contributed by atoms with Crippen LogP contribution in [0.1, 0.15) is 42.2 Å². The lowest BCUT2D eigenvalue weighted by molar-refractivity contribution is 0.0950. The minimum Gasteiger partial charge on any atom is -0.382 e. The largest absolute Gasteiger partial charge is 0.382 e. The van der Waals surface area contributed by atoms with E-state index in [9.17, 15) is 9.90 Å². The van der Waals surface area contributed by atoms with Gasteiger partial charge in [-0.2, -0.15) is 0 Å². The van der Waals surface area contributed by atoms with E-state index in [0.29, 0.717) is 12.1 Å². The standard InChI is InChI=1S/C19H19NO2S2/c1-12-5-7-15(13(2)10-12)19(22)20-11-14-6-8-17(24-14)18(21)16-4-3-9-23-16/h3-10,18,21H,11H2,1-2H3,(H,20,22). The molecule has 24 heavy (non-hydrogen) atoms. The lowest BCUT2D eigenvalue weighted by Gasteiger charge is -2.08. The fraction of sp³-hybridized carbons (Fsp3) is 0.211. The second-order valence-electron chi connectivity index (χ2n) is 5.72. The zero-order valence-corrected chi connectivity index (χ0v) is 15.2. The SMILES string of the molecule is Cc1ccc(C(=O)NCc2ccc(C(O)c3cccs3)s2)c(C)c1. The van der Waals surface area contributed by atoms with Crippen molar-refractivity contribution >= 4 is 28.6 Å². The Morgan fingerprint density at radius 2 is 2.00 bits per heavy atom. The van der Waals surface area contributed by atoms with Gasteiger partial charge in [-0.15, -0.1) is 22.7 Å². The Morgan fingerprint density at radius 3 is 2.71 bits per heavy atom. The molecule has 0 aliphatic rings. The van der Waals surface area contributed by atoms with Crippen molar-refractivity contribution in [2.45, 2.75) is 26.5 Å². The number of carbonyl (C=O) groups excluding carboxylic acids is 1. The molecule has 124 valence electrons. The molecule has 2 heterocycles. The van der Waals surface area contributed by atoms with Crippen molar-refractivity contribution < 1.29 is 9.90 Å². The highest BCUT2D eigenvalue weighted by Crippen LogP contribution is 2.30. The average Bonchev–Trinajstić information content (AvgIpc) is 3.24. The van der Waals surface area contributed by atoms with Gasteiger partial charge in [0.1, 0.15) is 6.10 Å². The summed E-state index contributed by atoms with van der Waals surface area (Å²) in [4.78, 5) is 15.2. The molecule has 0 aliphatic heterocycles. The predicted octanol–water partition coefficient (Wildman–Crippen LogP) is 4.44. The van der Waals surface area contributed by atoms with Crippen LogP contribution in [0.15, 0.2) is 47.8 Å². The molecule has 1 atom stereocenters. The zero-order valence-electron chi connectivity index (χ0n) is 13.6. The summed E-state index contributed by atoms with van der Waals surface area (Å²) in [6.45, 7) is 4.43. The third-order valence-electron chi connectivity index (χ3n) is 3.81. The molecule has 2 aromatic heterocycles. The molecule has 1 amide bonds. The van der Waals surface area contributed by atoms with E-state index >= 15 is 0 Å². The Labute approximate surface area is 149 Å². The Morgan fingerprint density at radius 1 is 1.17 bits per heavy atom. The maximum absolute atomic E-state index is 12.3. The van der Waals surface area contributed by atoms with Crippen molar-refractivity contribution in [2.24, 2.45) is 0 Å². The van der Waals surface area contributed by atoms with Crippen LogP contribution in [0.3, 0.4) is 0 Å². The summed E-state index contributed by atoms with van der Waals surface area (Å²) in [6.07, 6.45) is -0.584. The predicted molar refractivity (Wildman–Crippen MR) is 99.8 cm³/mol. The third-order valence-corrected chi connectivity index (χ3v) is 5.88. The molecule has 1 unspecified atom stereocenters. The van der Waals surface area contributed by atoms with Gasteiger partial charge in [-0.1, -0.05) is 23.8 Å². The van der Waals surface area contributed by atoms with Crippen molar-refractivity contribution in [3.8, 4) is 0 Å². The number of thiophene rings is 2. The number of aliphatic hydroxyl groups excluding tert-OH is 1. The minimum atomic E-state index is -0.584. The van der Waals surface area contributed by atoms with E-state index in [-0.39, 0.29) is 5.91 Å². The Bertz CT molecular complexity index is 837. The fourth-order valence-corrected chi connectivity index (χ4v) is 4.31. The van der Waals surface area contributed by atoms with E-state index in [1.807, 2.05) is 61.7 Å². The summed E-state index contributed by atoms with van der Waals surface area (Å²) < 4.78 is 0. The highest BCUT2D eigenvalue weighted by atomic mass is 32.1. The second-order valence-corrected chi connectivity index (χ2v) is 7.90. The van der Waals surface area contributed by atoms with Crippen LogP contribution in [0, 0.1) is 13.8 Å². The average molecular weight is 358 g/mol. The molecule has 0 radical (unpaired) electrons. The van der Waals surface area contributed by atoms with Crippen molar-refractivity contribution in [3.63, 3.8) is 0 Å². The van der Waals surface area contributed by atoms with E-state index < -0.39 is 6.10 Å². The molecule has 0 bridgehead atoms. The first kappa shape index (κ1) is 16.9. The molecule has 0 aliphatic carbocycles. The number of amides is 1. The number of hydrogen-bond donors (Lipinski definition) is 2. The van der Waals surface area contributed by atoms with Crippen LogP contribution < -0.4 is 5.32 Å². The van der Waals surface area contributed by atoms with Crippen LogP contribution in [0.25, 0.3) is 0 Å². The molecule has 0 spiro atoms. The number of hydrogen-bond acceptors (Lipinski definition) is 4. The smallest absolute Gasteiger partial charge is 0.251 e. The van der Waals surface area contributed by atoms with E-state index in [1.165, 1.54) is 11.3 Å². The maximum atomic E-state index is 12.3. The summed E-state index contributed by atoms with van der Waals surface area (Å²) in [5, 5.41) is 15.3. The molecule has 0 saturated carbocycles. The molecule has 1 aromatic carbocycles. The van der Waals surface area contributed by atoms with Crippen LogP contribution in [0.2, 0.25) is 0 Å². The molecule has 3 rings (SSSR count). The molecule has 3 nitrogen and oxygen atoms in total. The summed E-state index contributed by atoms with van der Waals surface area (Å²) in [5.74, 6) is -0.0683. The van der Waals surface area contributed by atoms with E-state index in [0.717, 1.165) is 25.8 Å². The topological polar surface area (TPSA) is 49.3 Å². The molecule has 5 heteroatoms. The van der Waals surface area contributed by atoms with Crippen molar-refractivity contribution in [2.75, 3.05) is 0 Å². The monoisotopic (exact) mass is 357 g/mol. The van der Waals surface area contributed by atoms with Gasteiger partial charge in [0.25, 0.3) is 5.91 Å². The van der Waals surface area contributed by atoms with Crippen molar-refractivity contribution in [1.82, 2.24) is 5.32 Å². The van der Waals surface area contributed by atoms with Crippen LogP contribution in [0.5, 0.6) is 0 Å². The lowest BCUT2D eigenvalue weighted by atomic mass is 10.1. The summed E-state index contributed by atoms with van der Waals surface area (Å²) >= 11 is 3.07. The van der Waals surface area contributed by atoms with Gasteiger partial charge in [-0.25, -0.2) is 0 Å². The molecular formula is C19H19NO2S2. The van der Waals surface area contributed by atoms with Gasteiger partial charge in [0.05, 0.1) is 6.54 Å². The lowest BCUT2D eigenvalue weighted by Crippen LogP contribution is -2.23. The van der Waals surface area contributed by atoms with Gasteiger partial charge >= 0.3 is 0 Å². The first-order valence-electron chi connectivity index (χ1n) is 7.70. The summed E-state index contributed by atoms with van der Waals surface area (Å²) in [6, 6.07) is 13.6. The quantitative estimate of drug-likeness (QED) is 0.709. The maximum Gasteiger partial charge on any atom is 0.251 e. The zero-order chi connectivity index (χ0) is 17.1. The van der Waals surface area contributed by atoms with Crippen LogP contribution in [-0.4, -0.2) is 11.0 Å². The third kappa shape index (κ3) is 3.75. The van der Waals surface area contributed by atoms with Crippen LogP contribution >= 0.6 is 22.7 Å². The molecule has 2 N–H and O–H groups in total. The van der Waals surface area contributed by atoms with Gasteiger partial charge in [0, 0.05) is 20.2 Å². The normalized spacial score (nSPS) is 12.1. The first-order valence-corrected chi connectivity index (χ1v) is 9.40. The molecular weight excluding hydrogens is 338 g/mol. The highest BCUT2D eigenvalue weighted by Gasteiger charge is 2.14. The molecule has 3 aromatic rings. The number of benzene rings is 1. The summed E-state index contributed by atoms with van der Waals surface area (Å²) in [7, 11) is 0. The van der Waals surface area contributed by atoms with Crippen molar-refractivity contribution in [3.05, 3.63) is 79.2 Å². The Kier molecular flexibility index (Phi) is 5.14.